The van der Waals surface area contributed by atoms with Gasteiger partial charge in [-0.1, -0.05) is 15.9 Å². The van der Waals surface area contributed by atoms with Gasteiger partial charge in [-0.15, -0.1) is 0 Å². The molecule has 0 radical (unpaired) electrons. The highest BCUT2D eigenvalue weighted by molar-refractivity contribution is 9.10. The average Bonchev–Trinajstić information content (AvgIpc) is 2.20. The lowest BCUT2D eigenvalue weighted by molar-refractivity contribution is -0.433. The SMILES string of the molecule is COC(=O)C(Br)C(C[NH3+])(OC)OC. The van der Waals surface area contributed by atoms with Gasteiger partial charge in [0.1, 0.15) is 6.54 Å². The molecule has 0 aliphatic carbocycles. The summed E-state index contributed by atoms with van der Waals surface area (Å²) >= 11 is 3.14. The molecule has 0 rings (SSSR count). The van der Waals surface area contributed by atoms with Gasteiger partial charge in [-0.3, -0.25) is 4.79 Å². The van der Waals surface area contributed by atoms with E-state index in [9.17, 15) is 4.79 Å². The smallest absolute Gasteiger partial charge is 0.325 e. The van der Waals surface area contributed by atoms with Crippen LogP contribution in [0.2, 0.25) is 0 Å². The van der Waals surface area contributed by atoms with Crippen LogP contribution in [0, 0.1) is 0 Å². The summed E-state index contributed by atoms with van der Waals surface area (Å²) in [5.74, 6) is -1.51. The molecule has 0 heterocycles. The molecule has 0 aromatic carbocycles. The molecular weight excluding hydrogens is 242 g/mol. The molecule has 0 aromatic rings. The second kappa shape index (κ2) is 5.54. The third-order valence-electron chi connectivity index (χ3n) is 1.83. The van der Waals surface area contributed by atoms with E-state index in [-0.39, 0.29) is 0 Å². The Balaban J connectivity index is 4.62. The van der Waals surface area contributed by atoms with Crippen LogP contribution >= 0.6 is 15.9 Å². The molecule has 0 aliphatic rings. The zero-order chi connectivity index (χ0) is 10.5. The predicted molar refractivity (Wildman–Crippen MR) is 49.2 cm³/mol. The second-order valence-corrected chi connectivity index (χ2v) is 3.27. The summed E-state index contributed by atoms with van der Waals surface area (Å²) < 4.78 is 14.7. The molecule has 6 heteroatoms. The Labute approximate surface area is 85.6 Å². The lowest BCUT2D eigenvalue weighted by atomic mass is 10.2. The number of halogens is 1. The minimum Gasteiger partial charge on any atom is -0.468 e. The van der Waals surface area contributed by atoms with E-state index in [0.717, 1.165) is 0 Å². The van der Waals surface area contributed by atoms with Gasteiger partial charge in [-0.2, -0.15) is 0 Å². The maximum atomic E-state index is 11.2. The van der Waals surface area contributed by atoms with Crippen molar-refractivity contribution < 1.29 is 24.7 Å². The van der Waals surface area contributed by atoms with Crippen LogP contribution < -0.4 is 5.73 Å². The van der Waals surface area contributed by atoms with Crippen molar-refractivity contribution in [1.29, 1.82) is 0 Å². The van der Waals surface area contributed by atoms with Crippen molar-refractivity contribution in [3.05, 3.63) is 0 Å². The van der Waals surface area contributed by atoms with Crippen LogP contribution in [-0.2, 0) is 19.0 Å². The summed E-state index contributed by atoms with van der Waals surface area (Å²) in [5.41, 5.74) is 3.65. The molecule has 1 unspecified atom stereocenters. The molecular formula is C7H15BrNO4+. The Morgan fingerprint density at radius 2 is 1.92 bits per heavy atom. The Morgan fingerprint density at radius 1 is 1.46 bits per heavy atom. The molecule has 0 fully saturated rings. The largest absolute Gasteiger partial charge is 0.468 e. The van der Waals surface area contributed by atoms with Crippen molar-refractivity contribution in [3.63, 3.8) is 0 Å². The summed E-state index contributed by atoms with van der Waals surface area (Å²) in [5, 5.41) is 0. The maximum Gasteiger partial charge on any atom is 0.325 e. The minimum absolute atomic E-state index is 0.297. The van der Waals surface area contributed by atoms with E-state index in [4.69, 9.17) is 9.47 Å². The summed E-state index contributed by atoms with van der Waals surface area (Å²) in [4.78, 5) is 10.5. The van der Waals surface area contributed by atoms with Gasteiger partial charge >= 0.3 is 5.97 Å². The molecule has 5 nitrogen and oxygen atoms in total. The van der Waals surface area contributed by atoms with Crippen molar-refractivity contribution in [2.75, 3.05) is 27.9 Å². The normalized spacial score (nSPS) is 13.9. The third kappa shape index (κ3) is 2.63. The fourth-order valence-electron chi connectivity index (χ4n) is 0.904. The van der Waals surface area contributed by atoms with Crippen LogP contribution in [0.4, 0.5) is 0 Å². The molecule has 0 amide bonds. The first kappa shape index (κ1) is 12.8. The van der Waals surface area contributed by atoms with Crippen LogP contribution in [0.3, 0.4) is 0 Å². The number of hydrogen-bond acceptors (Lipinski definition) is 4. The summed E-state index contributed by atoms with van der Waals surface area (Å²) in [7, 11) is 4.20. The monoisotopic (exact) mass is 256 g/mol. The first-order chi connectivity index (χ1) is 6.07. The van der Waals surface area contributed by atoms with E-state index < -0.39 is 16.6 Å². The highest BCUT2D eigenvalue weighted by Gasteiger charge is 2.44. The van der Waals surface area contributed by atoms with Crippen LogP contribution in [0.15, 0.2) is 0 Å². The molecule has 0 spiro atoms. The third-order valence-corrected chi connectivity index (χ3v) is 2.91. The first-order valence-electron chi connectivity index (χ1n) is 3.69. The van der Waals surface area contributed by atoms with Gasteiger partial charge in [0.25, 0.3) is 0 Å². The molecule has 3 N–H and O–H groups in total. The number of carbonyl (C=O) groups is 1. The zero-order valence-corrected chi connectivity index (χ0v) is 9.59. The molecule has 0 aromatic heterocycles. The molecule has 13 heavy (non-hydrogen) atoms. The zero-order valence-electron chi connectivity index (χ0n) is 8.00. The average molecular weight is 257 g/mol. The van der Waals surface area contributed by atoms with E-state index in [2.05, 4.69) is 26.4 Å². The quantitative estimate of drug-likeness (QED) is 0.396. The van der Waals surface area contributed by atoms with Gasteiger partial charge in [0.2, 0.25) is 5.79 Å². The van der Waals surface area contributed by atoms with Crippen molar-refractivity contribution >= 4 is 21.9 Å². The lowest BCUT2D eigenvalue weighted by Crippen LogP contribution is -2.67. The number of hydrogen-bond donors (Lipinski definition) is 1. The molecule has 0 saturated carbocycles. The second-order valence-electron chi connectivity index (χ2n) is 2.36. The number of esters is 1. The van der Waals surface area contributed by atoms with Crippen LogP contribution in [0.1, 0.15) is 0 Å². The van der Waals surface area contributed by atoms with E-state index in [1.807, 2.05) is 0 Å². The van der Waals surface area contributed by atoms with Gasteiger partial charge in [0.15, 0.2) is 4.83 Å². The van der Waals surface area contributed by atoms with Crippen LogP contribution in [0.25, 0.3) is 0 Å². The topological polar surface area (TPSA) is 72.4 Å². The lowest BCUT2D eigenvalue weighted by Gasteiger charge is -2.30. The number of rotatable bonds is 5. The molecule has 0 saturated heterocycles. The maximum absolute atomic E-state index is 11.2. The Bertz CT molecular complexity index is 164. The van der Waals surface area contributed by atoms with E-state index in [1.54, 1.807) is 0 Å². The van der Waals surface area contributed by atoms with Gasteiger partial charge in [0.05, 0.1) is 7.11 Å². The van der Waals surface area contributed by atoms with E-state index in [1.165, 1.54) is 21.3 Å². The molecule has 78 valence electrons. The van der Waals surface area contributed by atoms with Crippen molar-refractivity contribution in [1.82, 2.24) is 0 Å². The predicted octanol–water partition coefficient (Wildman–Crippen LogP) is -0.846. The Hall–Kier alpha value is -0.170. The summed E-state index contributed by atoms with van der Waals surface area (Å²) in [6, 6.07) is 0. The summed E-state index contributed by atoms with van der Waals surface area (Å²) in [6.07, 6.45) is 0. The Kier molecular flexibility index (Phi) is 5.46. The number of ether oxygens (including phenoxy) is 3. The van der Waals surface area contributed by atoms with Gasteiger partial charge in [0, 0.05) is 14.2 Å². The van der Waals surface area contributed by atoms with Crippen molar-refractivity contribution in [3.8, 4) is 0 Å². The molecule has 0 aliphatic heterocycles. The molecule has 1 atom stereocenters. The molecule has 0 bridgehead atoms. The van der Waals surface area contributed by atoms with E-state index in [0.29, 0.717) is 6.54 Å². The fraction of sp³-hybridized carbons (Fsp3) is 0.857. The highest BCUT2D eigenvalue weighted by Crippen LogP contribution is 2.22. The summed E-state index contributed by atoms with van der Waals surface area (Å²) in [6.45, 7) is 0.297. The van der Waals surface area contributed by atoms with Crippen molar-refractivity contribution in [2.24, 2.45) is 0 Å². The van der Waals surface area contributed by atoms with Crippen LogP contribution in [-0.4, -0.2) is 44.5 Å². The van der Waals surface area contributed by atoms with Gasteiger partial charge in [-0.25, -0.2) is 0 Å². The number of methoxy groups -OCH3 is 3. The van der Waals surface area contributed by atoms with E-state index >= 15 is 0 Å². The van der Waals surface area contributed by atoms with Gasteiger partial charge < -0.3 is 19.9 Å². The highest BCUT2D eigenvalue weighted by atomic mass is 79.9. The first-order valence-corrected chi connectivity index (χ1v) is 4.61. The standard InChI is InChI=1S/C7H14BrNO4/c1-11-6(10)5(8)7(4-9,12-2)13-3/h5H,4,9H2,1-3H3/p+1. The van der Waals surface area contributed by atoms with Crippen molar-refractivity contribution in [2.45, 2.75) is 10.6 Å². The Morgan fingerprint density at radius 3 is 2.15 bits per heavy atom. The fourth-order valence-corrected chi connectivity index (χ4v) is 1.69. The minimum atomic E-state index is -1.06. The number of carbonyl (C=O) groups excluding carboxylic acids is 1. The number of alkyl halides is 1. The van der Waals surface area contributed by atoms with Crippen LogP contribution in [0.5, 0.6) is 0 Å². The van der Waals surface area contributed by atoms with Gasteiger partial charge in [-0.05, 0) is 0 Å². The number of quaternary nitrogens is 1.